The number of halogens is 3. The van der Waals surface area contributed by atoms with Gasteiger partial charge in [0.25, 0.3) is 5.91 Å². The third-order valence-electron chi connectivity index (χ3n) is 6.55. The van der Waals surface area contributed by atoms with E-state index in [0.717, 1.165) is 18.4 Å². The number of rotatable bonds is 6. The number of hydrogen-bond donors (Lipinski definition) is 2. The fourth-order valence-electron chi connectivity index (χ4n) is 4.93. The topological polar surface area (TPSA) is 150 Å². The molecule has 1 spiro atoms. The highest BCUT2D eigenvalue weighted by atomic mass is 32.2. The molecule has 4 heterocycles. The van der Waals surface area contributed by atoms with Crippen LogP contribution in [-0.2, 0) is 33.8 Å². The van der Waals surface area contributed by atoms with Gasteiger partial charge in [0.1, 0.15) is 17.4 Å². The van der Waals surface area contributed by atoms with Gasteiger partial charge in [-0.3, -0.25) is 14.5 Å². The van der Waals surface area contributed by atoms with Crippen molar-refractivity contribution in [1.82, 2.24) is 25.0 Å². The number of pyridine rings is 1. The van der Waals surface area contributed by atoms with E-state index >= 15 is 0 Å². The Balaban J connectivity index is 1.38. The van der Waals surface area contributed by atoms with Crippen LogP contribution in [0.3, 0.4) is 0 Å². The minimum atomic E-state index is -4.41. The maximum Gasteiger partial charge on any atom is 0.416 e. The Morgan fingerprint density at radius 2 is 1.90 bits per heavy atom. The average Bonchev–Trinajstić information content (AvgIpc) is 3.20. The fourth-order valence-corrected chi connectivity index (χ4v) is 5.48. The van der Waals surface area contributed by atoms with Gasteiger partial charge in [-0.15, -0.1) is 0 Å². The summed E-state index contributed by atoms with van der Waals surface area (Å²) in [7, 11) is -3.66. The molecule has 15 heteroatoms. The van der Waals surface area contributed by atoms with Crippen molar-refractivity contribution in [2.24, 2.45) is 0 Å². The van der Waals surface area contributed by atoms with Crippen LogP contribution in [0.4, 0.5) is 19.0 Å². The molecule has 0 aliphatic carbocycles. The first kappa shape index (κ1) is 27.3. The zero-order valence-corrected chi connectivity index (χ0v) is 21.8. The van der Waals surface area contributed by atoms with Crippen molar-refractivity contribution < 1.29 is 31.2 Å². The minimum Gasteiger partial charge on any atom is -0.343 e. The van der Waals surface area contributed by atoms with Gasteiger partial charge >= 0.3 is 6.18 Å². The van der Waals surface area contributed by atoms with Gasteiger partial charge in [-0.05, 0) is 29.8 Å². The van der Waals surface area contributed by atoms with Crippen LogP contribution in [0.25, 0.3) is 5.82 Å². The van der Waals surface area contributed by atoms with Crippen molar-refractivity contribution in [2.45, 2.75) is 24.7 Å². The van der Waals surface area contributed by atoms with Crippen molar-refractivity contribution in [3.8, 4) is 11.9 Å². The Hall–Kier alpha value is -4.29. The summed E-state index contributed by atoms with van der Waals surface area (Å²) >= 11 is 0. The molecule has 40 heavy (non-hydrogen) atoms. The quantitative estimate of drug-likeness (QED) is 0.452. The number of carbonyl (C=O) groups is 2. The fraction of sp³-hybridized carbons (Fsp3) is 0.320. The monoisotopic (exact) mass is 573 g/mol. The number of amides is 2. The maximum absolute atomic E-state index is 13.3. The van der Waals surface area contributed by atoms with E-state index in [-0.39, 0.29) is 29.2 Å². The van der Waals surface area contributed by atoms with E-state index in [2.05, 4.69) is 20.7 Å². The molecular formula is C25H22F3N7O4S. The number of anilines is 1. The molecule has 0 atom stereocenters. The second-order valence-corrected chi connectivity index (χ2v) is 12.1. The normalized spacial score (nSPS) is 16.5. The van der Waals surface area contributed by atoms with E-state index in [1.54, 1.807) is 0 Å². The Morgan fingerprint density at radius 3 is 2.48 bits per heavy atom. The standard InChI is InChI=1S/C25H22F3N7O4S/c1-40(38,39)12-20(36)31-22-21-18(33-35(22)19-7-4-16(9-29)10-30-19)8-24(32-23(21)37)13-34(14-24)11-15-2-5-17(6-3-15)25(26,27)28/h2-7,10H,8,11-14H2,1H3,(H,31,36)(H,32,37). The summed E-state index contributed by atoms with van der Waals surface area (Å²) in [5.74, 6) is -2.04. The number of aromatic nitrogens is 3. The first-order valence-electron chi connectivity index (χ1n) is 11.9. The molecule has 0 bridgehead atoms. The molecule has 2 aliphatic heterocycles. The number of nitrogens with zero attached hydrogens (tertiary/aromatic N) is 5. The predicted molar refractivity (Wildman–Crippen MR) is 135 cm³/mol. The van der Waals surface area contributed by atoms with E-state index in [4.69, 9.17) is 5.26 Å². The Bertz CT molecular complexity index is 1640. The van der Waals surface area contributed by atoms with Crippen molar-refractivity contribution in [2.75, 3.05) is 30.4 Å². The summed E-state index contributed by atoms with van der Waals surface area (Å²) < 4.78 is 63.0. The Labute approximate surface area is 226 Å². The zero-order valence-electron chi connectivity index (χ0n) is 21.0. The number of sulfone groups is 1. The summed E-state index contributed by atoms with van der Waals surface area (Å²) in [5, 5.41) is 19.0. The van der Waals surface area contributed by atoms with Gasteiger partial charge < -0.3 is 10.6 Å². The van der Waals surface area contributed by atoms with Crippen LogP contribution in [0.5, 0.6) is 0 Å². The number of carbonyl (C=O) groups excluding carboxylic acids is 2. The molecule has 2 aliphatic rings. The molecule has 3 aromatic rings. The van der Waals surface area contributed by atoms with E-state index in [1.165, 1.54) is 35.1 Å². The van der Waals surface area contributed by atoms with Crippen LogP contribution in [0.1, 0.15) is 32.7 Å². The molecular weight excluding hydrogens is 551 g/mol. The lowest BCUT2D eigenvalue weighted by Crippen LogP contribution is -2.72. The summed E-state index contributed by atoms with van der Waals surface area (Å²) in [6.07, 6.45) is -1.92. The van der Waals surface area contributed by atoms with Crippen molar-refractivity contribution in [1.29, 1.82) is 5.26 Å². The van der Waals surface area contributed by atoms with E-state index in [0.29, 0.717) is 30.9 Å². The summed E-state index contributed by atoms with van der Waals surface area (Å²) in [5.41, 5.74) is -0.00417. The number of nitriles is 1. The van der Waals surface area contributed by atoms with Crippen LogP contribution >= 0.6 is 0 Å². The highest BCUT2D eigenvalue weighted by Gasteiger charge is 2.49. The lowest BCUT2D eigenvalue weighted by atomic mass is 9.80. The van der Waals surface area contributed by atoms with Crippen LogP contribution in [0.15, 0.2) is 42.6 Å². The van der Waals surface area contributed by atoms with Crippen molar-refractivity contribution in [3.63, 3.8) is 0 Å². The van der Waals surface area contributed by atoms with E-state index in [9.17, 15) is 31.2 Å². The van der Waals surface area contributed by atoms with Crippen molar-refractivity contribution in [3.05, 3.63) is 70.5 Å². The number of alkyl halides is 3. The molecule has 208 valence electrons. The minimum absolute atomic E-state index is 0.0471. The maximum atomic E-state index is 13.3. The first-order chi connectivity index (χ1) is 18.7. The van der Waals surface area contributed by atoms with Gasteiger partial charge in [-0.1, -0.05) is 12.1 Å². The summed E-state index contributed by atoms with van der Waals surface area (Å²) in [6.45, 7) is 1.22. The third-order valence-corrected chi connectivity index (χ3v) is 7.34. The average molecular weight is 574 g/mol. The Morgan fingerprint density at radius 1 is 1.20 bits per heavy atom. The molecule has 2 amide bonds. The highest BCUT2D eigenvalue weighted by molar-refractivity contribution is 7.91. The molecule has 11 nitrogen and oxygen atoms in total. The van der Waals surface area contributed by atoms with Gasteiger partial charge in [0.05, 0.1) is 22.4 Å². The lowest BCUT2D eigenvalue weighted by molar-refractivity contribution is -0.137. The van der Waals surface area contributed by atoms with E-state index < -0.39 is 44.7 Å². The summed E-state index contributed by atoms with van der Waals surface area (Å²) in [6, 6.07) is 9.81. The number of fused-ring (bicyclic) bond motifs is 1. The van der Waals surface area contributed by atoms with Crippen LogP contribution in [0, 0.1) is 11.3 Å². The van der Waals surface area contributed by atoms with Gasteiger partial charge in [-0.2, -0.15) is 28.2 Å². The highest BCUT2D eigenvalue weighted by Crippen LogP contribution is 2.36. The number of benzene rings is 1. The Kier molecular flexibility index (Phi) is 6.63. The summed E-state index contributed by atoms with van der Waals surface area (Å²) in [4.78, 5) is 31.9. The van der Waals surface area contributed by atoms with Crippen molar-refractivity contribution >= 4 is 27.5 Å². The van der Waals surface area contributed by atoms with Gasteiger partial charge in [-0.25, -0.2) is 13.4 Å². The van der Waals surface area contributed by atoms with Crippen LogP contribution < -0.4 is 10.6 Å². The van der Waals surface area contributed by atoms with Gasteiger partial charge in [0.15, 0.2) is 21.5 Å². The third kappa shape index (κ3) is 5.54. The number of likely N-dealkylation sites (tertiary alicyclic amines) is 1. The van der Waals surface area contributed by atoms with Gasteiger partial charge in [0.2, 0.25) is 5.91 Å². The molecule has 1 saturated heterocycles. The molecule has 2 N–H and O–H groups in total. The zero-order chi connectivity index (χ0) is 28.9. The van der Waals surface area contributed by atoms with E-state index in [1.807, 2.05) is 11.0 Å². The molecule has 1 aromatic carbocycles. The SMILES string of the molecule is CS(=O)(=O)CC(=O)Nc1c2c(nn1-c1ccc(C#N)cn1)CC1(CN(Cc3ccc(C(F)(F)F)cc3)C1)NC2=O. The smallest absolute Gasteiger partial charge is 0.343 e. The van der Waals surface area contributed by atoms with Crippen LogP contribution in [0.2, 0.25) is 0 Å². The predicted octanol–water partition coefficient (Wildman–Crippen LogP) is 1.68. The second-order valence-electron chi connectivity index (χ2n) is 9.97. The molecule has 0 radical (unpaired) electrons. The lowest BCUT2D eigenvalue weighted by Gasteiger charge is -2.52. The number of hydrogen-bond acceptors (Lipinski definition) is 8. The van der Waals surface area contributed by atoms with Crippen LogP contribution in [-0.4, -0.2) is 70.5 Å². The molecule has 2 aromatic heterocycles. The number of nitrogens with one attached hydrogen (secondary N) is 2. The largest absolute Gasteiger partial charge is 0.416 e. The molecule has 1 fully saturated rings. The second kappa shape index (κ2) is 9.72. The molecule has 0 saturated carbocycles. The molecule has 0 unspecified atom stereocenters. The first-order valence-corrected chi connectivity index (χ1v) is 14.0. The molecule has 5 rings (SSSR count). The van der Waals surface area contributed by atoms with Gasteiger partial charge in [0, 0.05) is 38.5 Å².